The van der Waals surface area contributed by atoms with Crippen LogP contribution in [0.25, 0.3) is 0 Å². The minimum absolute atomic E-state index is 0.0690. The van der Waals surface area contributed by atoms with Gasteiger partial charge in [-0.3, -0.25) is 4.79 Å². The number of hydrogen-bond acceptors (Lipinski definition) is 5. The third kappa shape index (κ3) is 4.04. The lowest BCUT2D eigenvalue weighted by Crippen LogP contribution is -2.16. The summed E-state index contributed by atoms with van der Waals surface area (Å²) < 4.78 is 36.0. The molecule has 0 saturated heterocycles. The highest BCUT2D eigenvalue weighted by atomic mass is 79.9. The first kappa shape index (κ1) is 17.8. The normalized spacial score (nSPS) is 11.1. The molecule has 0 radical (unpaired) electrons. The fraction of sp³-hybridized carbons (Fsp3) is 0.0714. The molecule has 0 aliphatic rings. The molecule has 2 rings (SSSR count). The van der Waals surface area contributed by atoms with Gasteiger partial charge in [0.25, 0.3) is 5.91 Å². The Balaban J connectivity index is 2.52. The van der Waals surface area contributed by atoms with Crippen molar-refractivity contribution >= 4 is 47.9 Å². The molecule has 0 saturated carbocycles. The van der Waals surface area contributed by atoms with Crippen molar-refractivity contribution in [3.05, 3.63) is 50.9 Å². The van der Waals surface area contributed by atoms with Gasteiger partial charge in [0.05, 0.1) is 12.7 Å². The third-order valence-electron chi connectivity index (χ3n) is 2.82. The molecular formula is C14H11Br2NO5S. The van der Waals surface area contributed by atoms with Crippen molar-refractivity contribution < 1.29 is 22.1 Å². The smallest absolute Gasteiger partial charge is 0.340 e. The predicted molar refractivity (Wildman–Crippen MR) is 91.2 cm³/mol. The lowest BCUT2D eigenvalue weighted by atomic mass is 10.2. The van der Waals surface area contributed by atoms with Crippen LogP contribution in [0.15, 0.2) is 50.2 Å². The van der Waals surface area contributed by atoms with E-state index in [9.17, 15) is 13.2 Å². The van der Waals surface area contributed by atoms with Gasteiger partial charge < -0.3 is 14.7 Å². The van der Waals surface area contributed by atoms with Crippen LogP contribution in [0.5, 0.6) is 11.5 Å². The van der Waals surface area contributed by atoms with Crippen molar-refractivity contribution in [1.82, 2.24) is 0 Å². The monoisotopic (exact) mass is 463 g/mol. The number of benzene rings is 2. The fourth-order valence-corrected chi connectivity index (χ4v) is 4.13. The third-order valence-corrected chi connectivity index (χ3v) is 5.54. The highest BCUT2D eigenvalue weighted by Crippen LogP contribution is 2.31. The van der Waals surface area contributed by atoms with Gasteiger partial charge in [-0.1, -0.05) is 15.9 Å². The average molecular weight is 465 g/mol. The molecule has 9 heteroatoms. The molecule has 0 fully saturated rings. The standard InChI is InChI=1S/C14H11Br2NO5S/c1-21-9-3-4-10(14(17)18)12(7-9)22-23(19,20)13-6-8(15)2-5-11(13)16/h2-7H,1H3,(H2,17,18). The van der Waals surface area contributed by atoms with Crippen LogP contribution in [0.4, 0.5) is 0 Å². The number of nitrogens with two attached hydrogens (primary N) is 1. The van der Waals surface area contributed by atoms with E-state index in [1.807, 2.05) is 0 Å². The number of ether oxygens (including phenoxy) is 1. The zero-order valence-electron chi connectivity index (χ0n) is 11.7. The van der Waals surface area contributed by atoms with Crippen molar-refractivity contribution in [3.63, 3.8) is 0 Å². The summed E-state index contributed by atoms with van der Waals surface area (Å²) in [6.07, 6.45) is 0. The van der Waals surface area contributed by atoms with Gasteiger partial charge in [-0.15, -0.1) is 0 Å². The van der Waals surface area contributed by atoms with E-state index in [0.717, 1.165) is 0 Å². The molecule has 1 amide bonds. The molecule has 122 valence electrons. The molecule has 0 aliphatic carbocycles. The number of hydrogen-bond donors (Lipinski definition) is 1. The molecule has 0 atom stereocenters. The quantitative estimate of drug-likeness (QED) is 0.686. The molecule has 0 bridgehead atoms. The minimum Gasteiger partial charge on any atom is -0.497 e. The summed E-state index contributed by atoms with van der Waals surface area (Å²) in [5.74, 6) is -0.691. The van der Waals surface area contributed by atoms with E-state index >= 15 is 0 Å². The Bertz CT molecular complexity index is 867. The zero-order chi connectivity index (χ0) is 17.2. The van der Waals surface area contributed by atoms with Crippen LogP contribution in [0.3, 0.4) is 0 Å². The predicted octanol–water partition coefficient (Wildman–Crippen LogP) is 3.09. The van der Waals surface area contributed by atoms with Crippen molar-refractivity contribution in [2.75, 3.05) is 7.11 Å². The highest BCUT2D eigenvalue weighted by Gasteiger charge is 2.23. The van der Waals surface area contributed by atoms with Crippen molar-refractivity contribution in [2.45, 2.75) is 4.90 Å². The second kappa shape index (κ2) is 6.90. The molecular weight excluding hydrogens is 454 g/mol. The van der Waals surface area contributed by atoms with Crippen LogP contribution in [-0.2, 0) is 10.1 Å². The van der Waals surface area contributed by atoms with Crippen LogP contribution in [-0.4, -0.2) is 21.4 Å². The van der Waals surface area contributed by atoms with Gasteiger partial charge in [0.15, 0.2) is 5.75 Å². The maximum Gasteiger partial charge on any atom is 0.340 e. The minimum atomic E-state index is -4.19. The maximum absolute atomic E-state index is 12.5. The van der Waals surface area contributed by atoms with Gasteiger partial charge in [-0.05, 0) is 46.3 Å². The largest absolute Gasteiger partial charge is 0.497 e. The van der Waals surface area contributed by atoms with Crippen molar-refractivity contribution in [1.29, 1.82) is 0 Å². The van der Waals surface area contributed by atoms with E-state index in [1.54, 1.807) is 12.1 Å². The molecule has 0 heterocycles. The van der Waals surface area contributed by atoms with E-state index in [2.05, 4.69) is 31.9 Å². The molecule has 2 aromatic rings. The highest BCUT2D eigenvalue weighted by molar-refractivity contribution is 9.11. The van der Waals surface area contributed by atoms with E-state index in [-0.39, 0.29) is 16.2 Å². The van der Waals surface area contributed by atoms with Crippen LogP contribution < -0.4 is 14.7 Å². The van der Waals surface area contributed by atoms with E-state index in [1.165, 1.54) is 31.4 Å². The molecule has 2 aromatic carbocycles. The Hall–Kier alpha value is -1.58. The number of carbonyl (C=O) groups excluding carboxylic acids is 1. The van der Waals surface area contributed by atoms with Crippen LogP contribution in [0.2, 0.25) is 0 Å². The first-order valence-electron chi connectivity index (χ1n) is 6.12. The molecule has 0 aromatic heterocycles. The van der Waals surface area contributed by atoms with Gasteiger partial charge in [-0.2, -0.15) is 8.42 Å². The molecule has 0 unspecified atom stereocenters. The van der Waals surface area contributed by atoms with E-state index in [4.69, 9.17) is 14.7 Å². The van der Waals surface area contributed by atoms with Crippen LogP contribution >= 0.6 is 31.9 Å². The number of primary amides is 1. The van der Waals surface area contributed by atoms with E-state index < -0.39 is 16.0 Å². The average Bonchev–Trinajstić information content (AvgIpc) is 2.48. The molecule has 23 heavy (non-hydrogen) atoms. The van der Waals surface area contributed by atoms with Gasteiger partial charge in [0.1, 0.15) is 10.6 Å². The maximum atomic E-state index is 12.5. The summed E-state index contributed by atoms with van der Waals surface area (Å²) in [5.41, 5.74) is 5.18. The summed E-state index contributed by atoms with van der Waals surface area (Å²) in [4.78, 5) is 11.4. The molecule has 0 aliphatic heterocycles. The van der Waals surface area contributed by atoms with Crippen LogP contribution in [0.1, 0.15) is 10.4 Å². The lowest BCUT2D eigenvalue weighted by Gasteiger charge is -2.12. The zero-order valence-corrected chi connectivity index (χ0v) is 15.7. The number of carbonyl (C=O) groups is 1. The van der Waals surface area contributed by atoms with Crippen molar-refractivity contribution in [3.8, 4) is 11.5 Å². The van der Waals surface area contributed by atoms with Gasteiger partial charge in [0.2, 0.25) is 0 Å². The number of amides is 1. The summed E-state index contributed by atoms with van der Waals surface area (Å²) in [6, 6.07) is 8.70. The second-order valence-corrected chi connectivity index (χ2v) is 7.62. The SMILES string of the molecule is COc1ccc(C(N)=O)c(OS(=O)(=O)c2cc(Br)ccc2Br)c1. The Morgan fingerprint density at radius 1 is 1.13 bits per heavy atom. The number of halogens is 2. The first-order chi connectivity index (χ1) is 10.7. The topological polar surface area (TPSA) is 95.7 Å². The first-order valence-corrected chi connectivity index (χ1v) is 9.11. The molecule has 0 spiro atoms. The van der Waals surface area contributed by atoms with Crippen molar-refractivity contribution in [2.24, 2.45) is 5.73 Å². The summed E-state index contributed by atoms with van der Waals surface area (Å²) >= 11 is 6.36. The van der Waals surface area contributed by atoms with Gasteiger partial charge in [-0.25, -0.2) is 0 Å². The number of rotatable bonds is 5. The van der Waals surface area contributed by atoms with Crippen LogP contribution in [0, 0.1) is 0 Å². The fourth-order valence-electron chi connectivity index (χ4n) is 1.73. The second-order valence-electron chi connectivity index (χ2n) is 4.34. The van der Waals surface area contributed by atoms with Gasteiger partial charge in [0, 0.05) is 15.0 Å². The molecule has 2 N–H and O–H groups in total. The van der Waals surface area contributed by atoms with E-state index in [0.29, 0.717) is 14.7 Å². The summed E-state index contributed by atoms with van der Waals surface area (Å²) in [7, 11) is -2.78. The Morgan fingerprint density at radius 3 is 2.43 bits per heavy atom. The summed E-state index contributed by atoms with van der Waals surface area (Å²) in [6.45, 7) is 0. The lowest BCUT2D eigenvalue weighted by molar-refractivity contribution is 0.0999. The summed E-state index contributed by atoms with van der Waals surface area (Å²) in [5, 5.41) is 0. The molecule has 6 nitrogen and oxygen atoms in total. The Morgan fingerprint density at radius 2 is 1.83 bits per heavy atom. The Labute approximate surface area is 150 Å². The van der Waals surface area contributed by atoms with Gasteiger partial charge >= 0.3 is 10.1 Å². The number of methoxy groups -OCH3 is 1. The Kier molecular flexibility index (Phi) is 5.33.